The van der Waals surface area contributed by atoms with Crippen LogP contribution in [0.25, 0.3) is 0 Å². The number of fused-ring (bicyclic) bond motifs is 1. The molecule has 4 nitrogen and oxygen atoms in total. The van der Waals surface area contributed by atoms with Crippen LogP contribution in [-0.2, 0) is 24.4 Å². The zero-order chi connectivity index (χ0) is 17.4. The fraction of sp³-hybridized carbons (Fsp3) is 0.526. The first-order valence-electron chi connectivity index (χ1n) is 8.83. The summed E-state index contributed by atoms with van der Waals surface area (Å²) in [6, 6.07) is 4.11. The number of imidazole rings is 1. The van der Waals surface area contributed by atoms with Gasteiger partial charge in [-0.15, -0.1) is 0 Å². The number of nitrogens with zero attached hydrogens (tertiary/aromatic N) is 3. The first-order chi connectivity index (χ1) is 12.1. The first kappa shape index (κ1) is 16.7. The van der Waals surface area contributed by atoms with Crippen LogP contribution in [0.15, 0.2) is 24.5 Å². The Balaban J connectivity index is 1.53. The van der Waals surface area contributed by atoms with Crippen LogP contribution in [0.3, 0.4) is 0 Å². The lowest BCUT2D eigenvalue weighted by atomic mass is 9.98. The molecule has 2 aliphatic rings. The van der Waals surface area contributed by atoms with Gasteiger partial charge in [-0.25, -0.2) is 13.8 Å². The van der Waals surface area contributed by atoms with E-state index in [1.165, 1.54) is 30.7 Å². The molecule has 0 bridgehead atoms. The highest BCUT2D eigenvalue weighted by atomic mass is 19.2. The molecule has 1 unspecified atom stereocenters. The third-order valence-electron chi connectivity index (χ3n) is 5.11. The van der Waals surface area contributed by atoms with Gasteiger partial charge in [-0.3, -0.25) is 4.90 Å². The van der Waals surface area contributed by atoms with Gasteiger partial charge in [0.25, 0.3) is 0 Å². The van der Waals surface area contributed by atoms with Gasteiger partial charge in [0.05, 0.1) is 18.6 Å². The third kappa shape index (κ3) is 3.60. The largest absolute Gasteiger partial charge is 0.384 e. The van der Waals surface area contributed by atoms with Crippen LogP contribution in [0.2, 0.25) is 0 Å². The molecule has 1 aromatic carbocycles. The number of hydrogen-bond donors (Lipinski definition) is 0. The number of hydrogen-bond acceptors (Lipinski definition) is 3. The summed E-state index contributed by atoms with van der Waals surface area (Å²) in [6.07, 6.45) is 4.57. The summed E-state index contributed by atoms with van der Waals surface area (Å²) in [7, 11) is 1.72. The molecule has 0 N–H and O–H groups in total. The van der Waals surface area contributed by atoms with Gasteiger partial charge in [0, 0.05) is 44.9 Å². The van der Waals surface area contributed by atoms with E-state index in [1.54, 1.807) is 13.2 Å². The Labute approximate surface area is 146 Å². The van der Waals surface area contributed by atoms with Gasteiger partial charge in [-0.2, -0.15) is 0 Å². The zero-order valence-corrected chi connectivity index (χ0v) is 14.4. The van der Waals surface area contributed by atoms with Gasteiger partial charge < -0.3 is 9.30 Å². The fourth-order valence-electron chi connectivity index (χ4n) is 3.77. The first-order valence-corrected chi connectivity index (χ1v) is 8.83. The molecule has 1 aromatic heterocycles. The zero-order valence-electron chi connectivity index (χ0n) is 14.4. The number of ether oxygens (including phenoxy) is 1. The van der Waals surface area contributed by atoms with Crippen LogP contribution in [0.4, 0.5) is 8.78 Å². The summed E-state index contributed by atoms with van der Waals surface area (Å²) in [5.74, 6) is -0.555. The van der Waals surface area contributed by atoms with Gasteiger partial charge in [0.1, 0.15) is 0 Å². The molecule has 0 amide bonds. The van der Waals surface area contributed by atoms with E-state index in [0.717, 1.165) is 36.8 Å². The monoisotopic (exact) mass is 347 g/mol. The van der Waals surface area contributed by atoms with Gasteiger partial charge >= 0.3 is 0 Å². The quantitative estimate of drug-likeness (QED) is 0.803. The Morgan fingerprint density at radius 3 is 2.80 bits per heavy atom. The molecule has 6 heteroatoms. The molecule has 2 heterocycles. The van der Waals surface area contributed by atoms with Crippen molar-refractivity contribution in [2.75, 3.05) is 20.3 Å². The van der Waals surface area contributed by atoms with Crippen LogP contribution in [0.5, 0.6) is 0 Å². The summed E-state index contributed by atoms with van der Waals surface area (Å²) in [4.78, 5) is 6.85. The van der Waals surface area contributed by atoms with Crippen LogP contribution < -0.4 is 0 Å². The molecule has 25 heavy (non-hydrogen) atoms. The minimum atomic E-state index is -0.805. The molecule has 1 atom stereocenters. The van der Waals surface area contributed by atoms with Crippen molar-refractivity contribution >= 4 is 0 Å². The van der Waals surface area contributed by atoms with Crippen molar-refractivity contribution in [3.05, 3.63) is 53.1 Å². The summed E-state index contributed by atoms with van der Waals surface area (Å²) in [5.41, 5.74) is 3.14. The molecular weight excluding hydrogens is 324 g/mol. The number of aromatic nitrogens is 2. The molecule has 1 fully saturated rings. The highest BCUT2D eigenvalue weighted by molar-refractivity contribution is 5.24. The standard InChI is InChI=1S/C19H23F2N3O/c1-25-11-15-9-23(7-14-4-5-16(20)17(21)6-14)10-18-19(15)24(12-22-18)8-13-2-3-13/h4-6,12-13,15H,2-3,7-11H2,1H3. The summed E-state index contributed by atoms with van der Waals surface area (Å²) >= 11 is 0. The molecule has 1 aliphatic heterocycles. The molecule has 134 valence electrons. The van der Waals surface area contributed by atoms with Gasteiger partial charge in [-0.05, 0) is 36.5 Å². The summed E-state index contributed by atoms with van der Waals surface area (Å²) < 4.78 is 34.3. The normalized spacial score (nSPS) is 20.7. The Morgan fingerprint density at radius 1 is 1.24 bits per heavy atom. The van der Waals surface area contributed by atoms with E-state index >= 15 is 0 Å². The molecular formula is C19H23F2N3O. The molecule has 1 aliphatic carbocycles. The van der Waals surface area contributed by atoms with E-state index < -0.39 is 11.6 Å². The van der Waals surface area contributed by atoms with E-state index in [2.05, 4.69) is 14.5 Å². The average Bonchev–Trinajstić information content (AvgIpc) is 3.31. The van der Waals surface area contributed by atoms with Crippen molar-refractivity contribution in [2.45, 2.75) is 38.4 Å². The summed E-state index contributed by atoms with van der Waals surface area (Å²) in [5, 5.41) is 0. The van der Waals surface area contributed by atoms with Crippen LogP contribution >= 0.6 is 0 Å². The average molecular weight is 347 g/mol. The van der Waals surface area contributed by atoms with E-state index in [4.69, 9.17) is 4.74 Å². The maximum absolute atomic E-state index is 13.5. The Hall–Kier alpha value is -1.79. The third-order valence-corrected chi connectivity index (χ3v) is 5.11. The minimum absolute atomic E-state index is 0.250. The van der Waals surface area contributed by atoms with E-state index in [1.807, 2.05) is 6.33 Å². The molecule has 0 saturated heterocycles. The highest BCUT2D eigenvalue weighted by Gasteiger charge is 2.31. The van der Waals surface area contributed by atoms with Crippen molar-refractivity contribution in [1.82, 2.24) is 14.5 Å². The lowest BCUT2D eigenvalue weighted by Crippen LogP contribution is -2.36. The summed E-state index contributed by atoms with van der Waals surface area (Å²) in [6.45, 7) is 3.82. The second-order valence-electron chi connectivity index (χ2n) is 7.24. The second-order valence-corrected chi connectivity index (χ2v) is 7.24. The van der Waals surface area contributed by atoms with E-state index in [9.17, 15) is 8.78 Å². The van der Waals surface area contributed by atoms with Crippen molar-refractivity contribution in [2.24, 2.45) is 5.92 Å². The SMILES string of the molecule is COCC1CN(Cc2ccc(F)c(F)c2)Cc2ncn(CC3CC3)c21. The highest BCUT2D eigenvalue weighted by Crippen LogP contribution is 2.34. The van der Waals surface area contributed by atoms with E-state index in [0.29, 0.717) is 13.2 Å². The topological polar surface area (TPSA) is 30.3 Å². The van der Waals surface area contributed by atoms with Crippen LogP contribution in [0.1, 0.15) is 35.7 Å². The molecule has 0 spiro atoms. The molecule has 2 aromatic rings. The Bertz CT molecular complexity index is 757. The smallest absolute Gasteiger partial charge is 0.159 e. The Morgan fingerprint density at radius 2 is 2.08 bits per heavy atom. The maximum atomic E-state index is 13.5. The van der Waals surface area contributed by atoms with Crippen molar-refractivity contribution < 1.29 is 13.5 Å². The molecule has 1 saturated carbocycles. The van der Waals surface area contributed by atoms with E-state index in [-0.39, 0.29) is 5.92 Å². The van der Waals surface area contributed by atoms with Gasteiger partial charge in [-0.1, -0.05) is 6.07 Å². The number of methoxy groups -OCH3 is 1. The number of halogens is 2. The predicted octanol–water partition coefficient (Wildman–Crippen LogP) is 3.32. The van der Waals surface area contributed by atoms with Gasteiger partial charge in [0.15, 0.2) is 11.6 Å². The lowest BCUT2D eigenvalue weighted by molar-refractivity contribution is 0.131. The van der Waals surface area contributed by atoms with Crippen LogP contribution in [0, 0.1) is 17.6 Å². The second kappa shape index (κ2) is 6.84. The number of benzene rings is 1. The predicted molar refractivity (Wildman–Crippen MR) is 90.0 cm³/mol. The van der Waals surface area contributed by atoms with Crippen molar-refractivity contribution in [1.29, 1.82) is 0 Å². The number of rotatable bonds is 6. The Kier molecular flexibility index (Phi) is 4.56. The fourth-order valence-corrected chi connectivity index (χ4v) is 3.77. The maximum Gasteiger partial charge on any atom is 0.159 e. The molecule has 4 rings (SSSR count). The van der Waals surface area contributed by atoms with Gasteiger partial charge in [0.2, 0.25) is 0 Å². The molecule has 0 radical (unpaired) electrons. The lowest BCUT2D eigenvalue weighted by Gasteiger charge is -2.33. The minimum Gasteiger partial charge on any atom is -0.384 e. The van der Waals surface area contributed by atoms with Crippen molar-refractivity contribution in [3.8, 4) is 0 Å². The van der Waals surface area contributed by atoms with Crippen molar-refractivity contribution in [3.63, 3.8) is 0 Å². The van der Waals surface area contributed by atoms with Crippen LogP contribution in [-0.4, -0.2) is 34.7 Å².